The molecule has 0 atom stereocenters. The van der Waals surface area contributed by atoms with Gasteiger partial charge in [0.1, 0.15) is 6.42 Å². The molecular formula is C9H15NO5. The summed E-state index contributed by atoms with van der Waals surface area (Å²) in [4.78, 5) is 31.8. The van der Waals surface area contributed by atoms with E-state index < -0.39 is 24.3 Å². The summed E-state index contributed by atoms with van der Waals surface area (Å²) in [7, 11) is 0. The number of hydrogen-bond acceptors (Lipinski definition) is 4. The van der Waals surface area contributed by atoms with E-state index in [1.54, 1.807) is 0 Å². The van der Waals surface area contributed by atoms with Crippen molar-refractivity contribution in [1.82, 2.24) is 5.32 Å². The van der Waals surface area contributed by atoms with Crippen molar-refractivity contribution in [3.05, 3.63) is 0 Å². The fourth-order valence-electron chi connectivity index (χ4n) is 0.762. The summed E-state index contributed by atoms with van der Waals surface area (Å²) in [6.07, 6.45) is 0.388. The predicted molar refractivity (Wildman–Crippen MR) is 51.5 cm³/mol. The highest BCUT2D eigenvalue weighted by Gasteiger charge is 2.09. The first-order valence-electron chi connectivity index (χ1n) is 4.70. The third-order valence-corrected chi connectivity index (χ3v) is 1.51. The van der Waals surface area contributed by atoms with Gasteiger partial charge in [0, 0.05) is 0 Å². The van der Waals surface area contributed by atoms with Crippen molar-refractivity contribution >= 4 is 17.8 Å². The Morgan fingerprint density at radius 3 is 2.53 bits per heavy atom. The van der Waals surface area contributed by atoms with E-state index >= 15 is 0 Å². The third kappa shape index (κ3) is 8.73. The Kier molecular flexibility index (Phi) is 6.96. The van der Waals surface area contributed by atoms with E-state index in [0.717, 1.165) is 12.8 Å². The Balaban J connectivity index is 3.53. The highest BCUT2D eigenvalue weighted by atomic mass is 16.5. The fraction of sp³-hybridized carbons (Fsp3) is 0.667. The quantitative estimate of drug-likeness (QED) is 0.480. The number of ether oxygens (including phenoxy) is 1. The SMILES string of the molecule is CCCCOC(=O)NCC(=O)CC(=O)O. The molecule has 86 valence electrons. The number of rotatable bonds is 7. The molecule has 0 aromatic heterocycles. The number of alkyl carbamates (subject to hydrolysis) is 1. The molecule has 0 aliphatic rings. The number of ketones is 1. The molecule has 0 heterocycles. The zero-order valence-electron chi connectivity index (χ0n) is 8.62. The number of carbonyl (C=O) groups excluding carboxylic acids is 2. The van der Waals surface area contributed by atoms with E-state index in [0.29, 0.717) is 6.61 Å². The molecule has 0 spiro atoms. The summed E-state index contributed by atoms with van der Waals surface area (Å²) in [5.41, 5.74) is 0. The van der Waals surface area contributed by atoms with E-state index in [9.17, 15) is 14.4 Å². The van der Waals surface area contributed by atoms with Crippen LogP contribution >= 0.6 is 0 Å². The Bertz CT molecular complexity index is 239. The first-order valence-corrected chi connectivity index (χ1v) is 4.70. The van der Waals surface area contributed by atoms with Crippen LogP contribution < -0.4 is 5.32 Å². The van der Waals surface area contributed by atoms with Crippen LogP contribution in [-0.2, 0) is 14.3 Å². The van der Waals surface area contributed by atoms with Crippen molar-refractivity contribution in [1.29, 1.82) is 0 Å². The molecule has 0 rings (SSSR count). The van der Waals surface area contributed by atoms with Crippen LogP contribution in [0.3, 0.4) is 0 Å². The molecule has 1 amide bonds. The van der Waals surface area contributed by atoms with Crippen LogP contribution in [0.15, 0.2) is 0 Å². The number of carbonyl (C=O) groups is 3. The number of nitrogens with one attached hydrogen (secondary N) is 1. The van der Waals surface area contributed by atoms with Gasteiger partial charge >= 0.3 is 12.1 Å². The van der Waals surface area contributed by atoms with E-state index in [4.69, 9.17) is 5.11 Å². The highest BCUT2D eigenvalue weighted by molar-refractivity contribution is 5.96. The van der Waals surface area contributed by atoms with Crippen LogP contribution in [0.4, 0.5) is 4.79 Å². The minimum atomic E-state index is -1.21. The van der Waals surface area contributed by atoms with Gasteiger partial charge in [-0.1, -0.05) is 13.3 Å². The Morgan fingerprint density at radius 1 is 1.33 bits per heavy atom. The zero-order chi connectivity index (χ0) is 11.7. The topological polar surface area (TPSA) is 92.7 Å². The molecule has 0 aliphatic heterocycles. The Hall–Kier alpha value is -1.59. The summed E-state index contributed by atoms with van der Waals surface area (Å²) >= 11 is 0. The smallest absolute Gasteiger partial charge is 0.407 e. The van der Waals surface area contributed by atoms with Crippen molar-refractivity contribution in [3.63, 3.8) is 0 Å². The van der Waals surface area contributed by atoms with Crippen molar-refractivity contribution in [2.75, 3.05) is 13.2 Å². The minimum Gasteiger partial charge on any atom is -0.481 e. The number of amides is 1. The summed E-state index contributed by atoms with van der Waals surface area (Å²) in [5.74, 6) is -1.77. The summed E-state index contributed by atoms with van der Waals surface area (Å²) in [6, 6.07) is 0. The molecule has 0 fully saturated rings. The first-order chi connectivity index (χ1) is 7.06. The number of unbranched alkanes of at least 4 members (excludes halogenated alkanes) is 1. The first kappa shape index (κ1) is 13.4. The average molecular weight is 217 g/mol. The van der Waals surface area contributed by atoms with Gasteiger partial charge in [0.15, 0.2) is 5.78 Å². The lowest BCUT2D eigenvalue weighted by Gasteiger charge is -2.04. The number of aliphatic carboxylic acids is 1. The third-order valence-electron chi connectivity index (χ3n) is 1.51. The number of hydrogen-bond donors (Lipinski definition) is 2. The molecule has 2 N–H and O–H groups in total. The lowest BCUT2D eigenvalue weighted by Crippen LogP contribution is -2.31. The molecule has 0 aromatic rings. The van der Waals surface area contributed by atoms with E-state index in [1.807, 2.05) is 6.92 Å². The Labute approximate surface area is 87.6 Å². The maximum atomic E-state index is 10.9. The second kappa shape index (κ2) is 7.78. The van der Waals surface area contributed by atoms with Gasteiger partial charge in [0.2, 0.25) is 0 Å². The molecule has 0 radical (unpaired) electrons. The largest absolute Gasteiger partial charge is 0.481 e. The van der Waals surface area contributed by atoms with Gasteiger partial charge in [0.25, 0.3) is 0 Å². The molecule has 15 heavy (non-hydrogen) atoms. The number of Topliss-reactive ketones (excluding diaryl/α,β-unsaturated/α-hetero) is 1. The van der Waals surface area contributed by atoms with Gasteiger partial charge in [-0.25, -0.2) is 4.79 Å². The van der Waals surface area contributed by atoms with Crippen LogP contribution in [0.25, 0.3) is 0 Å². The van der Waals surface area contributed by atoms with Crippen molar-refractivity contribution in [3.8, 4) is 0 Å². The van der Waals surface area contributed by atoms with Crippen LogP contribution in [0.1, 0.15) is 26.2 Å². The summed E-state index contributed by atoms with van der Waals surface area (Å²) < 4.78 is 4.69. The van der Waals surface area contributed by atoms with Crippen LogP contribution in [-0.4, -0.2) is 36.1 Å². The summed E-state index contributed by atoms with van der Waals surface area (Å²) in [5, 5.41) is 10.4. The molecule has 0 saturated carbocycles. The van der Waals surface area contributed by atoms with Crippen LogP contribution in [0.5, 0.6) is 0 Å². The van der Waals surface area contributed by atoms with Crippen molar-refractivity contribution in [2.45, 2.75) is 26.2 Å². The molecule has 0 aromatic carbocycles. The maximum absolute atomic E-state index is 10.9. The molecular weight excluding hydrogens is 202 g/mol. The standard InChI is InChI=1S/C9H15NO5/c1-2-3-4-15-9(14)10-6-7(11)5-8(12)13/h2-6H2,1H3,(H,10,14)(H,12,13). The molecule has 0 unspecified atom stereocenters. The van der Waals surface area contributed by atoms with Gasteiger partial charge < -0.3 is 15.2 Å². The molecule has 0 bridgehead atoms. The summed E-state index contributed by atoms with van der Waals surface area (Å²) in [6.45, 7) is 1.95. The lowest BCUT2D eigenvalue weighted by molar-refractivity contribution is -0.140. The predicted octanol–water partition coefficient (Wildman–Crippen LogP) is 0.556. The van der Waals surface area contributed by atoms with E-state index in [1.165, 1.54) is 0 Å². The second-order valence-corrected chi connectivity index (χ2v) is 2.95. The van der Waals surface area contributed by atoms with Gasteiger partial charge in [-0.15, -0.1) is 0 Å². The van der Waals surface area contributed by atoms with Gasteiger partial charge in [-0.05, 0) is 6.42 Å². The normalized spacial score (nSPS) is 9.40. The van der Waals surface area contributed by atoms with Crippen molar-refractivity contribution < 1.29 is 24.2 Å². The van der Waals surface area contributed by atoms with Gasteiger partial charge in [-0.3, -0.25) is 9.59 Å². The maximum Gasteiger partial charge on any atom is 0.407 e. The number of carboxylic acid groups (broad SMARTS) is 1. The monoisotopic (exact) mass is 217 g/mol. The average Bonchev–Trinajstić information content (AvgIpc) is 2.14. The van der Waals surface area contributed by atoms with E-state index in [2.05, 4.69) is 10.1 Å². The van der Waals surface area contributed by atoms with Gasteiger partial charge in [-0.2, -0.15) is 0 Å². The van der Waals surface area contributed by atoms with Crippen molar-refractivity contribution in [2.24, 2.45) is 0 Å². The van der Waals surface area contributed by atoms with E-state index in [-0.39, 0.29) is 6.54 Å². The highest BCUT2D eigenvalue weighted by Crippen LogP contribution is 1.88. The second-order valence-electron chi connectivity index (χ2n) is 2.95. The molecule has 6 heteroatoms. The van der Waals surface area contributed by atoms with Crippen LogP contribution in [0, 0.1) is 0 Å². The van der Waals surface area contributed by atoms with Crippen LogP contribution in [0.2, 0.25) is 0 Å². The lowest BCUT2D eigenvalue weighted by atomic mass is 10.3. The minimum absolute atomic E-state index is 0.301. The molecule has 0 aliphatic carbocycles. The molecule has 0 saturated heterocycles. The Morgan fingerprint density at radius 2 is 2.00 bits per heavy atom. The zero-order valence-corrected chi connectivity index (χ0v) is 8.62. The van der Waals surface area contributed by atoms with Gasteiger partial charge in [0.05, 0.1) is 13.2 Å². The molecule has 6 nitrogen and oxygen atoms in total. The number of carboxylic acids is 1. The fourth-order valence-corrected chi connectivity index (χ4v) is 0.762.